The molecule has 216 valence electrons. The molecular weight excluding hydrogens is 499 g/mol. The highest BCUT2D eigenvalue weighted by atomic mass is 19.1. The number of aryl methyl sites for hydroxylation is 2. The van der Waals surface area contributed by atoms with E-state index in [1.54, 1.807) is 19.9 Å². The molecule has 0 aromatic heterocycles. The van der Waals surface area contributed by atoms with Gasteiger partial charge in [-0.2, -0.15) is 0 Å². The van der Waals surface area contributed by atoms with Crippen LogP contribution in [0.5, 0.6) is 11.5 Å². The molecule has 0 bridgehead atoms. The van der Waals surface area contributed by atoms with Crippen molar-refractivity contribution in [2.45, 2.75) is 79.8 Å². The maximum absolute atomic E-state index is 15.4. The third-order valence-electron chi connectivity index (χ3n) is 6.69. The molecule has 0 fully saturated rings. The summed E-state index contributed by atoms with van der Waals surface area (Å²) in [6, 6.07) is 7.01. The van der Waals surface area contributed by atoms with E-state index in [1.807, 2.05) is 26.0 Å². The Kier molecular flexibility index (Phi) is 13.0. The van der Waals surface area contributed by atoms with E-state index in [9.17, 15) is 15.0 Å². The van der Waals surface area contributed by atoms with Gasteiger partial charge in [0, 0.05) is 16.6 Å². The lowest BCUT2D eigenvalue weighted by Crippen LogP contribution is -2.33. The summed E-state index contributed by atoms with van der Waals surface area (Å²) in [5, 5.41) is 19.1. The Morgan fingerprint density at radius 2 is 1.51 bits per heavy atom. The molecule has 0 amide bonds. The van der Waals surface area contributed by atoms with Crippen LogP contribution in [0.1, 0.15) is 76.0 Å². The van der Waals surface area contributed by atoms with E-state index < -0.39 is 17.2 Å². The van der Waals surface area contributed by atoms with Crippen LogP contribution >= 0.6 is 0 Å². The summed E-state index contributed by atoms with van der Waals surface area (Å²) in [5.74, 6) is -0.310. The smallest absolute Gasteiger partial charge is 0.333 e. The van der Waals surface area contributed by atoms with Gasteiger partial charge in [0.25, 0.3) is 0 Å². The molecule has 2 rings (SSSR count). The summed E-state index contributed by atoms with van der Waals surface area (Å²) in [5.41, 5.74) is 3.02. The third kappa shape index (κ3) is 9.66. The number of aliphatic hydroxyl groups excluding tert-OH is 2. The van der Waals surface area contributed by atoms with Crippen LogP contribution in [-0.4, -0.2) is 42.6 Å². The van der Waals surface area contributed by atoms with Crippen LogP contribution in [0.2, 0.25) is 0 Å². The summed E-state index contributed by atoms with van der Waals surface area (Å²) < 4.78 is 32.6. The molecule has 7 heteroatoms. The van der Waals surface area contributed by atoms with Gasteiger partial charge >= 0.3 is 5.97 Å². The molecule has 0 radical (unpaired) electrons. The number of ether oxygens (including phenoxy) is 3. The fourth-order valence-corrected chi connectivity index (χ4v) is 4.14. The SMILES string of the molecule is C=C(C)C(=O)OCc1cc(-c2cc(C)c(OCC(C)(CO)CO)c(C)c2)cc(F)c1OCCCCCCCC. The predicted molar refractivity (Wildman–Crippen MR) is 153 cm³/mol. The fourth-order valence-electron chi connectivity index (χ4n) is 4.14. The summed E-state index contributed by atoms with van der Waals surface area (Å²) in [7, 11) is 0. The molecule has 39 heavy (non-hydrogen) atoms. The monoisotopic (exact) mass is 544 g/mol. The molecule has 2 aromatic rings. The molecule has 0 aliphatic heterocycles. The molecule has 0 spiro atoms. The van der Waals surface area contributed by atoms with Crippen LogP contribution in [-0.2, 0) is 16.1 Å². The average Bonchev–Trinajstić information content (AvgIpc) is 2.91. The van der Waals surface area contributed by atoms with E-state index in [-0.39, 0.29) is 37.8 Å². The van der Waals surface area contributed by atoms with Gasteiger partial charge in [0.2, 0.25) is 0 Å². The van der Waals surface area contributed by atoms with Crippen LogP contribution in [0.25, 0.3) is 11.1 Å². The maximum atomic E-state index is 15.4. The Morgan fingerprint density at radius 3 is 2.10 bits per heavy atom. The van der Waals surface area contributed by atoms with E-state index in [4.69, 9.17) is 14.2 Å². The van der Waals surface area contributed by atoms with Crippen molar-refractivity contribution in [3.63, 3.8) is 0 Å². The molecule has 0 aliphatic carbocycles. The first-order valence-electron chi connectivity index (χ1n) is 13.8. The fraction of sp³-hybridized carbons (Fsp3) is 0.531. The number of aliphatic hydroxyl groups is 2. The van der Waals surface area contributed by atoms with Crippen molar-refractivity contribution in [3.8, 4) is 22.6 Å². The minimum absolute atomic E-state index is 0.0995. The Morgan fingerprint density at radius 1 is 0.923 bits per heavy atom. The lowest BCUT2D eigenvalue weighted by atomic mass is 9.94. The van der Waals surface area contributed by atoms with E-state index in [0.717, 1.165) is 36.0 Å². The van der Waals surface area contributed by atoms with Gasteiger partial charge in [-0.1, -0.05) is 52.5 Å². The highest BCUT2D eigenvalue weighted by Crippen LogP contribution is 2.35. The van der Waals surface area contributed by atoms with Gasteiger partial charge in [0.05, 0.1) is 26.4 Å². The second kappa shape index (κ2) is 15.6. The van der Waals surface area contributed by atoms with Crippen molar-refractivity contribution in [1.29, 1.82) is 0 Å². The van der Waals surface area contributed by atoms with E-state index >= 15 is 4.39 Å². The normalized spacial score (nSPS) is 11.4. The zero-order chi connectivity index (χ0) is 29.0. The number of carbonyl (C=O) groups excluding carboxylic acids is 1. The summed E-state index contributed by atoms with van der Waals surface area (Å²) in [6.07, 6.45) is 6.55. The van der Waals surface area contributed by atoms with E-state index in [2.05, 4.69) is 13.5 Å². The van der Waals surface area contributed by atoms with Gasteiger partial charge in [-0.05, 0) is 73.7 Å². The molecule has 6 nitrogen and oxygen atoms in total. The lowest BCUT2D eigenvalue weighted by molar-refractivity contribution is -0.140. The number of hydrogen-bond acceptors (Lipinski definition) is 6. The number of hydrogen-bond donors (Lipinski definition) is 2. The second-order valence-electron chi connectivity index (χ2n) is 10.8. The number of benzene rings is 2. The van der Waals surface area contributed by atoms with Crippen molar-refractivity contribution >= 4 is 5.97 Å². The van der Waals surface area contributed by atoms with Crippen molar-refractivity contribution in [2.75, 3.05) is 26.4 Å². The summed E-state index contributed by atoms with van der Waals surface area (Å²) >= 11 is 0. The van der Waals surface area contributed by atoms with Gasteiger partial charge in [-0.3, -0.25) is 0 Å². The predicted octanol–water partition coefficient (Wildman–Crippen LogP) is 6.84. The minimum Gasteiger partial charge on any atom is -0.492 e. The zero-order valence-corrected chi connectivity index (χ0v) is 24.2. The molecule has 2 N–H and O–H groups in total. The topological polar surface area (TPSA) is 85.2 Å². The molecule has 0 saturated heterocycles. The van der Waals surface area contributed by atoms with Crippen molar-refractivity contribution in [2.24, 2.45) is 5.41 Å². The van der Waals surface area contributed by atoms with Crippen molar-refractivity contribution in [1.82, 2.24) is 0 Å². The van der Waals surface area contributed by atoms with Crippen LogP contribution in [0, 0.1) is 25.1 Å². The Balaban J connectivity index is 2.30. The highest BCUT2D eigenvalue weighted by molar-refractivity contribution is 5.87. The number of esters is 1. The van der Waals surface area contributed by atoms with Crippen LogP contribution in [0.4, 0.5) is 4.39 Å². The Hall–Kier alpha value is -2.90. The summed E-state index contributed by atoms with van der Waals surface area (Å²) in [4.78, 5) is 12.1. The van der Waals surface area contributed by atoms with Crippen molar-refractivity contribution < 1.29 is 33.6 Å². The first kappa shape index (κ1) is 32.3. The van der Waals surface area contributed by atoms with E-state index in [0.29, 0.717) is 23.5 Å². The molecule has 2 aromatic carbocycles. The van der Waals surface area contributed by atoms with Gasteiger partial charge < -0.3 is 24.4 Å². The molecular formula is C32H45FO6. The quantitative estimate of drug-likeness (QED) is 0.129. The molecule has 0 atom stereocenters. The standard InChI is InChI=1S/C32H45FO6/c1-7-8-9-10-11-12-13-37-30-27(18-38-31(36)22(2)3)16-26(17-28(30)33)25-14-23(4)29(24(5)15-25)39-21-32(6,19-34)20-35/h14-17,34-35H,2,7-13,18-21H2,1,3-6H3. The minimum atomic E-state index is -0.762. The Bertz CT molecular complexity index is 1080. The first-order chi connectivity index (χ1) is 18.5. The van der Waals surface area contributed by atoms with Gasteiger partial charge in [-0.25, -0.2) is 9.18 Å². The molecule has 0 saturated carbocycles. The van der Waals surface area contributed by atoms with Crippen molar-refractivity contribution in [3.05, 3.63) is 58.9 Å². The van der Waals surface area contributed by atoms with Crippen LogP contribution in [0.15, 0.2) is 36.4 Å². The maximum Gasteiger partial charge on any atom is 0.333 e. The van der Waals surface area contributed by atoms with Crippen LogP contribution < -0.4 is 9.47 Å². The van der Waals surface area contributed by atoms with Gasteiger partial charge in [0.1, 0.15) is 12.4 Å². The van der Waals surface area contributed by atoms with Gasteiger partial charge in [0.15, 0.2) is 11.6 Å². The van der Waals surface area contributed by atoms with E-state index in [1.165, 1.54) is 25.3 Å². The average molecular weight is 545 g/mol. The molecule has 0 aliphatic rings. The van der Waals surface area contributed by atoms with Crippen LogP contribution in [0.3, 0.4) is 0 Å². The second-order valence-corrected chi connectivity index (χ2v) is 10.8. The number of halogens is 1. The number of carbonyl (C=O) groups is 1. The largest absolute Gasteiger partial charge is 0.492 e. The van der Waals surface area contributed by atoms with Gasteiger partial charge in [-0.15, -0.1) is 0 Å². The first-order valence-corrected chi connectivity index (χ1v) is 13.8. The number of rotatable bonds is 17. The highest BCUT2D eigenvalue weighted by Gasteiger charge is 2.24. The number of unbranched alkanes of at least 4 members (excludes halogenated alkanes) is 5. The molecule has 0 unspecified atom stereocenters. The lowest BCUT2D eigenvalue weighted by Gasteiger charge is -2.26. The zero-order valence-electron chi connectivity index (χ0n) is 24.2. The third-order valence-corrected chi connectivity index (χ3v) is 6.69. The Labute approximate surface area is 232 Å². The molecule has 0 heterocycles. The summed E-state index contributed by atoms with van der Waals surface area (Å²) in [6.45, 7) is 12.9.